The predicted octanol–water partition coefficient (Wildman–Crippen LogP) is 8.44. The van der Waals surface area contributed by atoms with Gasteiger partial charge in [-0.15, -0.1) is 0 Å². The number of rotatable bonds is 10. The van der Waals surface area contributed by atoms with Crippen LogP contribution in [0, 0.1) is 5.92 Å². The van der Waals surface area contributed by atoms with Gasteiger partial charge in [-0.1, -0.05) is 69.0 Å². The average Bonchev–Trinajstić information content (AvgIpc) is 3.48. The Morgan fingerprint density at radius 2 is 1.74 bits per heavy atom. The number of hydrogen-bond acceptors (Lipinski definition) is 2. The van der Waals surface area contributed by atoms with Gasteiger partial charge in [0.15, 0.2) is 5.69 Å². The third-order valence-corrected chi connectivity index (χ3v) is 8.08. The Balaban J connectivity index is 1.54. The van der Waals surface area contributed by atoms with Crippen molar-refractivity contribution in [1.82, 2.24) is 19.0 Å². The minimum Gasteiger partial charge on any atom is -0.351 e. The molecule has 0 spiro atoms. The highest BCUT2D eigenvalue weighted by atomic mass is 19.4. The van der Waals surface area contributed by atoms with E-state index in [2.05, 4.69) is 45.6 Å². The Kier molecular flexibility index (Phi) is 8.46. The van der Waals surface area contributed by atoms with Crippen LogP contribution in [-0.2, 0) is 32.9 Å². The zero-order valence-corrected chi connectivity index (χ0v) is 23.1. The minimum atomic E-state index is -4.52. The molecule has 4 aromatic rings. The molecular formula is C32H39F3N4. The molecule has 2 aromatic heterocycles. The zero-order chi connectivity index (χ0) is 27.4. The molecule has 39 heavy (non-hydrogen) atoms. The summed E-state index contributed by atoms with van der Waals surface area (Å²) in [6, 6.07) is 17.8. The molecule has 0 radical (unpaired) electrons. The molecule has 0 saturated heterocycles. The first-order valence-electron chi connectivity index (χ1n) is 14.3. The van der Waals surface area contributed by atoms with Crippen LogP contribution in [-0.4, -0.2) is 25.6 Å². The summed E-state index contributed by atoms with van der Waals surface area (Å²) in [5.74, 6) is 0.920. The summed E-state index contributed by atoms with van der Waals surface area (Å²) >= 11 is 0. The monoisotopic (exact) mass is 536 g/mol. The Labute approximate surface area is 229 Å². The molecule has 1 saturated carbocycles. The lowest BCUT2D eigenvalue weighted by molar-refractivity contribution is -0.141. The van der Waals surface area contributed by atoms with Crippen LogP contribution in [0.1, 0.15) is 68.8 Å². The van der Waals surface area contributed by atoms with Gasteiger partial charge in [0, 0.05) is 50.5 Å². The largest absolute Gasteiger partial charge is 0.435 e. The van der Waals surface area contributed by atoms with Crippen LogP contribution in [0.25, 0.3) is 22.3 Å². The maximum absolute atomic E-state index is 14.5. The van der Waals surface area contributed by atoms with Gasteiger partial charge in [-0.05, 0) is 54.3 Å². The number of halogens is 3. The standard InChI is InChI=1S/C32H39F3N4/c1-3-4-18-39-29(30(32(33,34)35)36-31(39)26-13-9-6-10-14-26)23-38(21-24-11-7-5-8-12-24)22-25-15-16-28-27(20-25)17-19-37(28)2/h6,9-10,13-17,19-20,24H,3-5,7-8,11-12,18,21-23H2,1-2H3. The second-order valence-electron chi connectivity index (χ2n) is 11.1. The lowest BCUT2D eigenvalue weighted by Gasteiger charge is -2.30. The Morgan fingerprint density at radius 3 is 2.46 bits per heavy atom. The summed E-state index contributed by atoms with van der Waals surface area (Å²) in [5.41, 5.74) is 2.54. The molecule has 7 heteroatoms. The molecule has 1 aliphatic carbocycles. The fourth-order valence-corrected chi connectivity index (χ4v) is 6.06. The Hall–Kier alpha value is -3.06. The number of alkyl halides is 3. The third-order valence-electron chi connectivity index (χ3n) is 8.08. The smallest absolute Gasteiger partial charge is 0.351 e. The number of aromatic nitrogens is 3. The lowest BCUT2D eigenvalue weighted by atomic mass is 9.89. The molecule has 2 heterocycles. The van der Waals surface area contributed by atoms with Crippen molar-refractivity contribution in [3.63, 3.8) is 0 Å². The van der Waals surface area contributed by atoms with Gasteiger partial charge in [-0.25, -0.2) is 4.98 Å². The second kappa shape index (κ2) is 12.0. The fourth-order valence-electron chi connectivity index (χ4n) is 6.06. The van der Waals surface area contributed by atoms with E-state index >= 15 is 0 Å². The maximum Gasteiger partial charge on any atom is 0.435 e. The summed E-state index contributed by atoms with van der Waals surface area (Å²) < 4.78 is 47.4. The van der Waals surface area contributed by atoms with Crippen molar-refractivity contribution in [3.8, 4) is 11.4 Å². The molecule has 0 aliphatic heterocycles. The molecular weight excluding hydrogens is 497 g/mol. The molecule has 1 fully saturated rings. The SMILES string of the molecule is CCCCn1c(-c2ccccc2)nc(C(F)(F)F)c1CN(Cc1ccc2c(ccn2C)c1)CC1CCCCC1. The van der Waals surface area contributed by atoms with Crippen molar-refractivity contribution >= 4 is 10.9 Å². The summed E-state index contributed by atoms with van der Waals surface area (Å²) in [4.78, 5) is 6.50. The van der Waals surface area contributed by atoms with Crippen molar-refractivity contribution < 1.29 is 13.2 Å². The van der Waals surface area contributed by atoms with E-state index in [-0.39, 0.29) is 12.2 Å². The van der Waals surface area contributed by atoms with Gasteiger partial charge in [0.1, 0.15) is 5.82 Å². The van der Waals surface area contributed by atoms with Crippen molar-refractivity contribution in [2.24, 2.45) is 13.0 Å². The number of imidazole rings is 1. The first-order chi connectivity index (χ1) is 18.8. The topological polar surface area (TPSA) is 26.0 Å². The molecule has 0 amide bonds. The normalized spacial score (nSPS) is 15.0. The highest BCUT2D eigenvalue weighted by Crippen LogP contribution is 2.36. The van der Waals surface area contributed by atoms with E-state index in [1.54, 1.807) is 0 Å². The highest BCUT2D eigenvalue weighted by molar-refractivity contribution is 5.80. The summed E-state index contributed by atoms with van der Waals surface area (Å²) in [6.45, 7) is 4.22. The Bertz CT molecular complexity index is 1360. The van der Waals surface area contributed by atoms with Crippen LogP contribution in [0.3, 0.4) is 0 Å². The second-order valence-corrected chi connectivity index (χ2v) is 11.1. The minimum absolute atomic E-state index is 0.224. The van der Waals surface area contributed by atoms with Crippen LogP contribution in [0.4, 0.5) is 13.2 Å². The maximum atomic E-state index is 14.5. The predicted molar refractivity (Wildman–Crippen MR) is 151 cm³/mol. The van der Waals surface area contributed by atoms with Crippen molar-refractivity contribution in [2.75, 3.05) is 6.54 Å². The molecule has 0 N–H and O–H groups in total. The molecule has 2 aromatic carbocycles. The molecule has 5 rings (SSSR count). The van der Waals surface area contributed by atoms with Crippen molar-refractivity contribution in [2.45, 2.75) is 77.7 Å². The Morgan fingerprint density at radius 1 is 0.974 bits per heavy atom. The van der Waals surface area contributed by atoms with Gasteiger partial charge in [-0.3, -0.25) is 4.90 Å². The summed E-state index contributed by atoms with van der Waals surface area (Å²) in [7, 11) is 2.03. The van der Waals surface area contributed by atoms with Gasteiger partial charge in [0.05, 0.1) is 5.69 Å². The first kappa shape index (κ1) is 27.5. The van der Waals surface area contributed by atoms with Gasteiger partial charge < -0.3 is 9.13 Å². The van der Waals surface area contributed by atoms with E-state index in [1.165, 1.54) is 19.3 Å². The third kappa shape index (κ3) is 6.40. The fraction of sp³-hybridized carbons (Fsp3) is 0.469. The van der Waals surface area contributed by atoms with Gasteiger partial charge in [-0.2, -0.15) is 13.2 Å². The van der Waals surface area contributed by atoms with Gasteiger partial charge >= 0.3 is 6.18 Å². The quantitative estimate of drug-likeness (QED) is 0.203. The van der Waals surface area contributed by atoms with Crippen LogP contribution < -0.4 is 0 Å². The molecule has 0 bridgehead atoms. The zero-order valence-electron chi connectivity index (χ0n) is 23.1. The van der Waals surface area contributed by atoms with Gasteiger partial charge in [0.25, 0.3) is 0 Å². The number of nitrogens with zero attached hydrogens (tertiary/aromatic N) is 4. The van der Waals surface area contributed by atoms with Crippen LogP contribution in [0.5, 0.6) is 0 Å². The van der Waals surface area contributed by atoms with Crippen molar-refractivity contribution in [3.05, 3.63) is 77.7 Å². The van der Waals surface area contributed by atoms with E-state index in [0.29, 0.717) is 24.8 Å². The number of hydrogen-bond donors (Lipinski definition) is 0. The highest BCUT2D eigenvalue weighted by Gasteiger charge is 2.39. The van der Waals surface area contributed by atoms with E-state index in [9.17, 15) is 13.2 Å². The van der Waals surface area contributed by atoms with Crippen LogP contribution >= 0.6 is 0 Å². The summed E-state index contributed by atoms with van der Waals surface area (Å²) in [5, 5.41) is 1.16. The van der Waals surface area contributed by atoms with Crippen LogP contribution in [0.15, 0.2) is 60.8 Å². The molecule has 0 atom stereocenters. The number of benzene rings is 2. The van der Waals surface area contributed by atoms with Gasteiger partial charge in [0.2, 0.25) is 0 Å². The van der Waals surface area contributed by atoms with E-state index < -0.39 is 11.9 Å². The number of fused-ring (bicyclic) bond motifs is 1. The van der Waals surface area contributed by atoms with Crippen molar-refractivity contribution in [1.29, 1.82) is 0 Å². The molecule has 1 aliphatic rings. The average molecular weight is 537 g/mol. The number of aryl methyl sites for hydroxylation is 1. The van der Waals surface area contributed by atoms with E-state index in [1.807, 2.05) is 48.1 Å². The van der Waals surface area contributed by atoms with E-state index in [0.717, 1.165) is 54.3 Å². The van der Waals surface area contributed by atoms with E-state index in [4.69, 9.17) is 0 Å². The lowest BCUT2D eigenvalue weighted by Crippen LogP contribution is -2.31. The van der Waals surface area contributed by atoms with Crippen LogP contribution in [0.2, 0.25) is 0 Å². The molecule has 208 valence electrons. The number of unbranched alkanes of at least 4 members (excludes halogenated alkanes) is 1. The molecule has 4 nitrogen and oxygen atoms in total. The summed E-state index contributed by atoms with van der Waals surface area (Å²) in [6.07, 6.45) is 5.17. The first-order valence-corrected chi connectivity index (χ1v) is 14.3. The molecule has 0 unspecified atom stereocenters.